The van der Waals surface area contributed by atoms with Crippen LogP contribution in [0.4, 0.5) is 8.78 Å². The number of carbonyl (C=O) groups excluding carboxylic acids is 1. The molecule has 0 unspecified atom stereocenters. The molecule has 0 saturated carbocycles. The molecule has 7 heteroatoms. The van der Waals surface area contributed by atoms with Gasteiger partial charge in [0, 0.05) is 44.9 Å². The minimum atomic E-state index is -0.883. The Morgan fingerprint density at radius 3 is 2.72 bits per heavy atom. The summed E-state index contributed by atoms with van der Waals surface area (Å²) in [7, 11) is 3.06. The summed E-state index contributed by atoms with van der Waals surface area (Å²) in [6.07, 6.45) is 1.77. The Morgan fingerprint density at radius 1 is 1.20 bits per heavy atom. The fourth-order valence-electron chi connectivity index (χ4n) is 3.88. The first-order valence-corrected chi connectivity index (χ1v) is 8.57. The summed E-state index contributed by atoms with van der Waals surface area (Å²) in [5, 5.41) is 0. The number of piperidine rings is 1. The highest BCUT2D eigenvalue weighted by atomic mass is 19.2. The lowest BCUT2D eigenvalue weighted by Crippen LogP contribution is -2.49. The number of amides is 1. The van der Waals surface area contributed by atoms with E-state index in [0.29, 0.717) is 32.0 Å². The normalized spacial score (nSPS) is 23.8. The molecule has 0 aromatic heterocycles. The minimum Gasteiger partial charge on any atom is -0.496 e. The van der Waals surface area contributed by atoms with Gasteiger partial charge in [0.25, 0.3) is 0 Å². The summed E-state index contributed by atoms with van der Waals surface area (Å²) >= 11 is 0. The molecule has 3 aliphatic rings. The van der Waals surface area contributed by atoms with Crippen LogP contribution in [-0.2, 0) is 16.1 Å². The lowest BCUT2D eigenvalue weighted by Gasteiger charge is -2.35. The van der Waals surface area contributed by atoms with Crippen molar-refractivity contribution in [3.05, 3.63) is 29.3 Å². The van der Waals surface area contributed by atoms with Crippen LogP contribution in [0.3, 0.4) is 0 Å². The Bertz CT molecular complexity index is 641. The molecule has 4 rings (SSSR count). The van der Waals surface area contributed by atoms with Crippen LogP contribution in [0.1, 0.15) is 18.4 Å². The van der Waals surface area contributed by atoms with E-state index in [1.54, 1.807) is 7.11 Å². The molecule has 0 N–H and O–H groups in total. The summed E-state index contributed by atoms with van der Waals surface area (Å²) in [6.45, 7) is 2.50. The highest BCUT2D eigenvalue weighted by molar-refractivity contribution is 5.80. The van der Waals surface area contributed by atoms with Gasteiger partial charge in [-0.15, -0.1) is 0 Å². The van der Waals surface area contributed by atoms with Crippen molar-refractivity contribution in [3.63, 3.8) is 0 Å². The van der Waals surface area contributed by atoms with E-state index in [1.807, 2.05) is 9.80 Å². The molecule has 3 saturated heterocycles. The molecule has 5 nitrogen and oxygen atoms in total. The van der Waals surface area contributed by atoms with Gasteiger partial charge in [0.15, 0.2) is 11.6 Å². The summed E-state index contributed by atoms with van der Waals surface area (Å²) in [4.78, 5) is 16.6. The monoisotopic (exact) mass is 354 g/mol. The summed E-state index contributed by atoms with van der Waals surface area (Å²) in [5.41, 5.74) is 0.208. The van der Waals surface area contributed by atoms with Crippen LogP contribution in [0.15, 0.2) is 12.1 Å². The lowest BCUT2D eigenvalue weighted by molar-refractivity contribution is -0.140. The number of rotatable bonds is 6. The van der Waals surface area contributed by atoms with Crippen molar-refractivity contribution in [2.24, 2.45) is 5.92 Å². The van der Waals surface area contributed by atoms with Crippen molar-refractivity contribution in [1.29, 1.82) is 0 Å². The second-order valence-electron chi connectivity index (χ2n) is 6.69. The largest absolute Gasteiger partial charge is 0.496 e. The van der Waals surface area contributed by atoms with Crippen molar-refractivity contribution in [2.45, 2.75) is 25.4 Å². The molecule has 3 aliphatic heterocycles. The molecule has 1 aromatic carbocycles. The van der Waals surface area contributed by atoms with Crippen LogP contribution in [-0.4, -0.2) is 62.2 Å². The molecule has 1 amide bonds. The van der Waals surface area contributed by atoms with Gasteiger partial charge in [-0.25, -0.2) is 8.78 Å². The van der Waals surface area contributed by atoms with Crippen LogP contribution in [0.2, 0.25) is 0 Å². The molecular weight excluding hydrogens is 330 g/mol. The first-order chi connectivity index (χ1) is 12.0. The Balaban J connectivity index is 1.80. The zero-order valence-corrected chi connectivity index (χ0v) is 14.6. The van der Waals surface area contributed by atoms with Crippen molar-refractivity contribution in [2.75, 3.05) is 40.5 Å². The smallest absolute Gasteiger partial charge is 0.227 e. The number of nitrogens with zero attached hydrogens (tertiary/aromatic N) is 2. The lowest BCUT2D eigenvalue weighted by atomic mass is 9.94. The number of carbonyl (C=O) groups is 1. The SMILES string of the molecule is COCCN1C(=O)[C@H]2CC[C@@H]1CN(Cc1c(OC)ccc(F)c1F)C2. The van der Waals surface area contributed by atoms with Crippen molar-refractivity contribution >= 4 is 5.91 Å². The maximum Gasteiger partial charge on any atom is 0.227 e. The number of methoxy groups -OCH3 is 2. The van der Waals surface area contributed by atoms with E-state index in [0.717, 1.165) is 18.9 Å². The molecule has 3 fully saturated rings. The predicted octanol–water partition coefficient (Wildman–Crippen LogP) is 2.04. The third-order valence-corrected chi connectivity index (χ3v) is 5.16. The standard InChI is InChI=1S/C18H24F2N2O3/c1-24-8-7-22-13-4-3-12(18(22)23)9-21(10-13)11-14-16(25-2)6-5-15(19)17(14)20/h5-6,12-13H,3-4,7-11H2,1-2H3/t12-,13+/m0/s1. The molecule has 0 radical (unpaired) electrons. The Hall–Kier alpha value is -1.73. The predicted molar refractivity (Wildman–Crippen MR) is 88.3 cm³/mol. The average Bonchev–Trinajstić information content (AvgIpc) is 2.88. The van der Waals surface area contributed by atoms with Crippen LogP contribution < -0.4 is 4.74 Å². The first kappa shape index (κ1) is 18.1. The van der Waals surface area contributed by atoms with Gasteiger partial charge < -0.3 is 14.4 Å². The van der Waals surface area contributed by atoms with Gasteiger partial charge in [0.05, 0.1) is 19.6 Å². The zero-order valence-electron chi connectivity index (χ0n) is 14.6. The van der Waals surface area contributed by atoms with E-state index >= 15 is 0 Å². The fourth-order valence-corrected chi connectivity index (χ4v) is 3.88. The molecule has 1 aromatic rings. The third-order valence-electron chi connectivity index (χ3n) is 5.16. The number of halogens is 2. The van der Waals surface area contributed by atoms with Gasteiger partial charge in [-0.1, -0.05) is 0 Å². The highest BCUT2D eigenvalue weighted by Crippen LogP contribution is 2.32. The van der Waals surface area contributed by atoms with Crippen molar-refractivity contribution in [1.82, 2.24) is 9.80 Å². The molecule has 2 bridgehead atoms. The van der Waals surface area contributed by atoms with Gasteiger partial charge in [-0.05, 0) is 25.0 Å². The molecule has 3 heterocycles. The quantitative estimate of drug-likeness (QED) is 0.784. The van der Waals surface area contributed by atoms with Crippen LogP contribution in [0.25, 0.3) is 0 Å². The van der Waals surface area contributed by atoms with Gasteiger partial charge in [-0.3, -0.25) is 9.69 Å². The second-order valence-corrected chi connectivity index (χ2v) is 6.69. The maximum atomic E-state index is 14.3. The van der Waals surface area contributed by atoms with Gasteiger partial charge in [-0.2, -0.15) is 0 Å². The minimum absolute atomic E-state index is 0.0871. The molecule has 2 atom stereocenters. The van der Waals surface area contributed by atoms with Crippen LogP contribution in [0, 0.1) is 17.6 Å². The molecule has 0 spiro atoms. The summed E-state index contributed by atoms with van der Waals surface area (Å²) < 4.78 is 38.2. The van der Waals surface area contributed by atoms with E-state index in [4.69, 9.17) is 9.47 Å². The first-order valence-electron chi connectivity index (χ1n) is 8.57. The van der Waals surface area contributed by atoms with Crippen molar-refractivity contribution < 1.29 is 23.0 Å². The molecule has 0 aliphatic carbocycles. The van der Waals surface area contributed by atoms with Gasteiger partial charge in [0.1, 0.15) is 5.75 Å². The number of fused-ring (bicyclic) bond motifs is 4. The van der Waals surface area contributed by atoms with Gasteiger partial charge in [0.2, 0.25) is 5.91 Å². The molecule has 138 valence electrons. The van der Waals surface area contributed by atoms with E-state index in [1.165, 1.54) is 13.2 Å². The van der Waals surface area contributed by atoms with E-state index in [9.17, 15) is 13.6 Å². The van der Waals surface area contributed by atoms with E-state index < -0.39 is 11.6 Å². The zero-order chi connectivity index (χ0) is 18.0. The average molecular weight is 354 g/mol. The van der Waals surface area contributed by atoms with E-state index in [-0.39, 0.29) is 30.0 Å². The summed E-state index contributed by atoms with van der Waals surface area (Å²) in [6, 6.07) is 2.60. The van der Waals surface area contributed by atoms with E-state index in [2.05, 4.69) is 0 Å². The fraction of sp³-hybridized carbons (Fsp3) is 0.611. The number of benzene rings is 1. The highest BCUT2D eigenvalue weighted by Gasteiger charge is 2.40. The Kier molecular flexibility index (Phi) is 5.54. The maximum absolute atomic E-state index is 14.3. The van der Waals surface area contributed by atoms with Crippen molar-refractivity contribution in [3.8, 4) is 5.75 Å². The summed E-state index contributed by atoms with van der Waals surface area (Å²) in [5.74, 6) is -1.39. The Labute approximate surface area is 146 Å². The van der Waals surface area contributed by atoms with Crippen LogP contribution in [0.5, 0.6) is 5.75 Å². The topological polar surface area (TPSA) is 42.0 Å². The van der Waals surface area contributed by atoms with Gasteiger partial charge >= 0.3 is 0 Å². The van der Waals surface area contributed by atoms with Crippen LogP contribution >= 0.6 is 0 Å². The second kappa shape index (κ2) is 7.66. The third kappa shape index (κ3) is 3.62. The molecular formula is C18H24F2N2O3. The number of hydrogen-bond donors (Lipinski definition) is 0. The number of hydrogen-bond acceptors (Lipinski definition) is 4. The number of ether oxygens (including phenoxy) is 2. The molecule has 25 heavy (non-hydrogen) atoms. The Morgan fingerprint density at radius 2 is 2.00 bits per heavy atom.